The van der Waals surface area contributed by atoms with E-state index in [1.54, 1.807) is 0 Å². The Kier molecular flexibility index (Phi) is 6.00. The second-order valence-electron chi connectivity index (χ2n) is 2.39. The van der Waals surface area contributed by atoms with Crippen molar-refractivity contribution >= 4 is 12.4 Å². The third-order valence-electron chi connectivity index (χ3n) is 1.47. The molecule has 5 nitrogen and oxygen atoms in total. The van der Waals surface area contributed by atoms with Crippen molar-refractivity contribution in [3.63, 3.8) is 0 Å². The van der Waals surface area contributed by atoms with E-state index >= 15 is 0 Å². The number of carbonyl (C=O) groups excluding carboxylic acids is 1. The average Bonchev–Trinajstić information content (AvgIpc) is 2.03. The zero-order valence-electron chi connectivity index (χ0n) is 6.69. The molecule has 0 aromatic rings. The van der Waals surface area contributed by atoms with Crippen LogP contribution in [-0.2, 0) is 9.59 Å². The van der Waals surface area contributed by atoms with Gasteiger partial charge in [-0.3, -0.25) is 4.79 Å². The van der Waals surface area contributed by atoms with Crippen LogP contribution in [0, 0.1) is 0 Å². The van der Waals surface area contributed by atoms with Gasteiger partial charge in [-0.25, -0.2) is 4.79 Å². The number of carboxylic acid groups (broad SMARTS) is 1. The number of nitrogens with one attached hydrogen (secondary N) is 1. The molecule has 1 amide bonds. The molecule has 1 unspecified atom stereocenters. The van der Waals surface area contributed by atoms with Crippen LogP contribution in [0.5, 0.6) is 0 Å². The molecule has 0 saturated carbocycles. The first-order valence-electron chi connectivity index (χ1n) is 3.75. The van der Waals surface area contributed by atoms with Crippen LogP contribution in [0.2, 0.25) is 0 Å². The van der Waals surface area contributed by atoms with E-state index in [-0.39, 0.29) is 6.61 Å². The molecule has 0 radical (unpaired) electrons. The summed E-state index contributed by atoms with van der Waals surface area (Å²) in [5.74, 6) is -1.04. The molecule has 0 rings (SSSR count). The summed E-state index contributed by atoms with van der Waals surface area (Å²) in [4.78, 5) is 20.3. The maximum atomic E-state index is 10.4. The molecular weight excluding hydrogens is 162 g/mol. The molecule has 12 heavy (non-hydrogen) atoms. The van der Waals surface area contributed by atoms with E-state index < -0.39 is 12.0 Å². The standard InChI is InChI=1S/C7H13NO4/c9-4-2-1-3-6(7(11)12)8-5-10/h5-6,9H,1-4H2,(H,8,10)(H,11,12). The van der Waals surface area contributed by atoms with Gasteiger partial charge in [-0.2, -0.15) is 0 Å². The lowest BCUT2D eigenvalue weighted by Crippen LogP contribution is -2.35. The van der Waals surface area contributed by atoms with Crippen LogP contribution >= 0.6 is 0 Å². The number of amides is 1. The third-order valence-corrected chi connectivity index (χ3v) is 1.47. The molecule has 0 heterocycles. The van der Waals surface area contributed by atoms with Crippen LogP contribution in [-0.4, -0.2) is 35.2 Å². The van der Waals surface area contributed by atoms with Crippen molar-refractivity contribution in [1.82, 2.24) is 5.32 Å². The Bertz CT molecular complexity index is 148. The second kappa shape index (κ2) is 6.60. The average molecular weight is 175 g/mol. The fourth-order valence-electron chi connectivity index (χ4n) is 0.820. The highest BCUT2D eigenvalue weighted by Gasteiger charge is 2.14. The van der Waals surface area contributed by atoms with Gasteiger partial charge >= 0.3 is 5.97 Å². The van der Waals surface area contributed by atoms with Crippen molar-refractivity contribution in [2.24, 2.45) is 0 Å². The quantitative estimate of drug-likeness (QED) is 0.354. The zero-order valence-corrected chi connectivity index (χ0v) is 6.69. The second-order valence-corrected chi connectivity index (χ2v) is 2.39. The Labute approximate surface area is 70.4 Å². The summed E-state index contributed by atoms with van der Waals surface area (Å²) < 4.78 is 0. The van der Waals surface area contributed by atoms with Crippen molar-refractivity contribution in [2.75, 3.05) is 6.61 Å². The highest BCUT2D eigenvalue weighted by atomic mass is 16.4. The van der Waals surface area contributed by atoms with Crippen LogP contribution in [0.1, 0.15) is 19.3 Å². The minimum Gasteiger partial charge on any atom is -0.480 e. The fourth-order valence-corrected chi connectivity index (χ4v) is 0.820. The van der Waals surface area contributed by atoms with E-state index in [4.69, 9.17) is 10.2 Å². The van der Waals surface area contributed by atoms with Crippen LogP contribution in [0.25, 0.3) is 0 Å². The van der Waals surface area contributed by atoms with Gasteiger partial charge in [0.1, 0.15) is 6.04 Å². The molecule has 3 N–H and O–H groups in total. The Morgan fingerprint density at radius 2 is 2.17 bits per heavy atom. The topological polar surface area (TPSA) is 86.6 Å². The van der Waals surface area contributed by atoms with Gasteiger partial charge in [-0.1, -0.05) is 0 Å². The van der Waals surface area contributed by atoms with Gasteiger partial charge in [-0.05, 0) is 19.3 Å². The summed E-state index contributed by atoms with van der Waals surface area (Å²) >= 11 is 0. The molecule has 0 spiro atoms. The molecule has 0 aromatic carbocycles. The Balaban J connectivity index is 3.63. The Morgan fingerprint density at radius 1 is 1.50 bits per heavy atom. The summed E-state index contributed by atoms with van der Waals surface area (Å²) in [6.07, 6.45) is 1.88. The molecular formula is C7H13NO4. The van der Waals surface area contributed by atoms with Gasteiger partial charge < -0.3 is 15.5 Å². The lowest BCUT2D eigenvalue weighted by Gasteiger charge is -2.09. The molecule has 0 saturated heterocycles. The Morgan fingerprint density at radius 3 is 2.58 bits per heavy atom. The van der Waals surface area contributed by atoms with E-state index in [1.807, 2.05) is 0 Å². The highest BCUT2D eigenvalue weighted by Crippen LogP contribution is 1.99. The van der Waals surface area contributed by atoms with Gasteiger partial charge in [-0.15, -0.1) is 0 Å². The van der Waals surface area contributed by atoms with Crippen molar-refractivity contribution in [2.45, 2.75) is 25.3 Å². The zero-order chi connectivity index (χ0) is 9.40. The van der Waals surface area contributed by atoms with Crippen LogP contribution in [0.15, 0.2) is 0 Å². The van der Waals surface area contributed by atoms with E-state index in [1.165, 1.54) is 0 Å². The first-order valence-corrected chi connectivity index (χ1v) is 3.75. The summed E-state index contributed by atoms with van der Waals surface area (Å²) in [5.41, 5.74) is 0. The van der Waals surface area contributed by atoms with Crippen molar-refractivity contribution in [1.29, 1.82) is 0 Å². The van der Waals surface area contributed by atoms with Gasteiger partial charge in [0.15, 0.2) is 0 Å². The number of unbranched alkanes of at least 4 members (excludes halogenated alkanes) is 1. The molecule has 0 aliphatic rings. The molecule has 70 valence electrons. The maximum absolute atomic E-state index is 10.4. The predicted molar refractivity (Wildman–Crippen MR) is 41.6 cm³/mol. The minimum atomic E-state index is -1.04. The highest BCUT2D eigenvalue weighted by molar-refractivity contribution is 5.76. The molecule has 0 bridgehead atoms. The molecule has 5 heteroatoms. The van der Waals surface area contributed by atoms with Gasteiger partial charge in [0, 0.05) is 6.61 Å². The molecule has 0 aromatic heterocycles. The summed E-state index contributed by atoms with van der Waals surface area (Å²) in [7, 11) is 0. The number of hydrogen-bond acceptors (Lipinski definition) is 3. The molecule has 0 fully saturated rings. The van der Waals surface area contributed by atoms with E-state index in [2.05, 4.69) is 5.32 Å². The van der Waals surface area contributed by atoms with Crippen LogP contribution in [0.4, 0.5) is 0 Å². The van der Waals surface area contributed by atoms with Gasteiger partial charge in [0.25, 0.3) is 0 Å². The summed E-state index contributed by atoms with van der Waals surface area (Å²) in [5, 5.41) is 19.1. The van der Waals surface area contributed by atoms with E-state index in [0.717, 1.165) is 0 Å². The van der Waals surface area contributed by atoms with Gasteiger partial charge in [0.2, 0.25) is 6.41 Å². The molecule has 0 aliphatic carbocycles. The lowest BCUT2D eigenvalue weighted by molar-refractivity contribution is -0.140. The van der Waals surface area contributed by atoms with Crippen molar-refractivity contribution < 1.29 is 19.8 Å². The number of rotatable bonds is 7. The third kappa shape index (κ3) is 4.68. The summed E-state index contributed by atoms with van der Waals surface area (Å²) in [6.45, 7) is 0.0490. The maximum Gasteiger partial charge on any atom is 0.326 e. The monoisotopic (exact) mass is 175 g/mol. The Hall–Kier alpha value is -1.10. The predicted octanol–water partition coefficient (Wildman–Crippen LogP) is -0.652. The fraction of sp³-hybridized carbons (Fsp3) is 0.714. The van der Waals surface area contributed by atoms with Crippen molar-refractivity contribution in [3.8, 4) is 0 Å². The summed E-state index contributed by atoms with van der Waals surface area (Å²) in [6, 6.07) is -0.825. The van der Waals surface area contributed by atoms with Crippen LogP contribution in [0.3, 0.4) is 0 Å². The van der Waals surface area contributed by atoms with Gasteiger partial charge in [0.05, 0.1) is 0 Å². The van der Waals surface area contributed by atoms with E-state index in [9.17, 15) is 9.59 Å². The number of aliphatic hydroxyl groups is 1. The number of aliphatic carboxylic acids is 1. The lowest BCUT2D eigenvalue weighted by atomic mass is 10.1. The molecule has 1 atom stereocenters. The number of aliphatic hydroxyl groups excluding tert-OH is 1. The minimum absolute atomic E-state index is 0.0490. The van der Waals surface area contributed by atoms with E-state index in [0.29, 0.717) is 25.7 Å². The van der Waals surface area contributed by atoms with Crippen molar-refractivity contribution in [3.05, 3.63) is 0 Å². The largest absolute Gasteiger partial charge is 0.480 e. The smallest absolute Gasteiger partial charge is 0.326 e. The SMILES string of the molecule is O=CNC(CCCCO)C(=O)O. The normalized spacial score (nSPS) is 12.1. The number of carbonyl (C=O) groups is 2. The molecule has 0 aliphatic heterocycles. The first kappa shape index (κ1) is 10.9. The first-order chi connectivity index (χ1) is 5.72. The number of hydrogen-bond donors (Lipinski definition) is 3. The number of carboxylic acids is 1. The van der Waals surface area contributed by atoms with Crippen LogP contribution < -0.4 is 5.32 Å².